The molecular formula is C21H19N5O3. The molecule has 1 aromatic heterocycles. The molecule has 2 heterocycles. The van der Waals surface area contributed by atoms with E-state index in [1.165, 1.54) is 6.92 Å². The second-order valence-electron chi connectivity index (χ2n) is 7.00. The van der Waals surface area contributed by atoms with Gasteiger partial charge in [-0.3, -0.25) is 20.1 Å². The molecule has 1 N–H and O–H groups in total. The number of carbonyl (C=O) groups excluding carboxylic acids is 1. The normalized spacial score (nSPS) is 19.7. The summed E-state index contributed by atoms with van der Waals surface area (Å²) in [4.78, 5) is 20.6. The van der Waals surface area contributed by atoms with Gasteiger partial charge in [0.05, 0.1) is 11.6 Å². The zero-order valence-electron chi connectivity index (χ0n) is 16.2. The van der Waals surface area contributed by atoms with E-state index in [1.54, 1.807) is 56.6 Å². The van der Waals surface area contributed by atoms with Crippen LogP contribution in [0.3, 0.4) is 0 Å². The summed E-state index contributed by atoms with van der Waals surface area (Å²) in [5.41, 5.74) is 0.715. The number of nitrogens with one attached hydrogen (secondary N) is 1. The molecule has 1 aromatic carbocycles. The lowest BCUT2D eigenvalue weighted by Crippen LogP contribution is -2.51. The van der Waals surface area contributed by atoms with E-state index in [4.69, 9.17) is 14.5 Å². The summed E-state index contributed by atoms with van der Waals surface area (Å²) >= 11 is 0. The summed E-state index contributed by atoms with van der Waals surface area (Å²) in [6.07, 6.45) is 4.28. The molecule has 0 saturated carbocycles. The SMILES string of the molecule is CC(=O)OC1C(N=C(NC#N)c2cccnc2)c2cc(C#N)ccc2OC1(C)C. The third kappa shape index (κ3) is 4.17. The summed E-state index contributed by atoms with van der Waals surface area (Å²) in [5.74, 6) is 0.324. The van der Waals surface area contributed by atoms with Crippen molar-refractivity contribution in [3.8, 4) is 18.0 Å². The molecule has 2 unspecified atom stereocenters. The van der Waals surface area contributed by atoms with Crippen LogP contribution in [0.2, 0.25) is 0 Å². The van der Waals surface area contributed by atoms with E-state index in [1.807, 2.05) is 6.19 Å². The molecular weight excluding hydrogens is 370 g/mol. The second kappa shape index (κ2) is 7.99. The van der Waals surface area contributed by atoms with Crippen LogP contribution in [0.5, 0.6) is 5.75 Å². The number of aromatic nitrogens is 1. The number of rotatable bonds is 3. The van der Waals surface area contributed by atoms with E-state index < -0.39 is 23.7 Å². The molecule has 8 nitrogen and oxygen atoms in total. The van der Waals surface area contributed by atoms with E-state index in [-0.39, 0.29) is 5.84 Å². The smallest absolute Gasteiger partial charge is 0.303 e. The van der Waals surface area contributed by atoms with Gasteiger partial charge in [0, 0.05) is 30.4 Å². The molecule has 0 radical (unpaired) electrons. The van der Waals surface area contributed by atoms with E-state index in [0.29, 0.717) is 22.4 Å². The van der Waals surface area contributed by atoms with Crippen molar-refractivity contribution in [1.29, 1.82) is 10.5 Å². The summed E-state index contributed by atoms with van der Waals surface area (Å²) in [6, 6.07) is 9.87. The van der Waals surface area contributed by atoms with E-state index in [0.717, 1.165) is 0 Å². The molecule has 1 aliphatic rings. The van der Waals surface area contributed by atoms with Gasteiger partial charge in [-0.1, -0.05) is 0 Å². The van der Waals surface area contributed by atoms with Crippen LogP contribution in [0.1, 0.15) is 43.5 Å². The van der Waals surface area contributed by atoms with Crippen LogP contribution in [0, 0.1) is 22.8 Å². The number of fused-ring (bicyclic) bond motifs is 1. The van der Waals surface area contributed by atoms with Gasteiger partial charge in [-0.25, -0.2) is 0 Å². The molecule has 2 aromatic rings. The number of amidine groups is 1. The number of carbonyl (C=O) groups is 1. The van der Waals surface area contributed by atoms with Crippen LogP contribution in [-0.4, -0.2) is 28.5 Å². The highest BCUT2D eigenvalue weighted by Crippen LogP contribution is 2.44. The lowest BCUT2D eigenvalue weighted by molar-refractivity contribution is -0.161. The Morgan fingerprint density at radius 1 is 1.34 bits per heavy atom. The average Bonchev–Trinajstić information content (AvgIpc) is 2.69. The predicted octanol–water partition coefficient (Wildman–Crippen LogP) is 2.61. The highest BCUT2D eigenvalue weighted by molar-refractivity contribution is 5.99. The lowest BCUT2D eigenvalue weighted by Gasteiger charge is -2.42. The van der Waals surface area contributed by atoms with Gasteiger partial charge in [0.1, 0.15) is 23.2 Å². The first-order valence-corrected chi connectivity index (χ1v) is 8.89. The van der Waals surface area contributed by atoms with Crippen molar-refractivity contribution in [2.75, 3.05) is 0 Å². The first kappa shape index (κ1) is 19.8. The molecule has 0 spiro atoms. The fraction of sp³-hybridized carbons (Fsp3) is 0.286. The monoisotopic (exact) mass is 389 g/mol. The number of esters is 1. The number of hydrogen-bond donors (Lipinski definition) is 1. The molecule has 0 amide bonds. The topological polar surface area (TPSA) is 120 Å². The van der Waals surface area contributed by atoms with Gasteiger partial charge in [-0.2, -0.15) is 10.5 Å². The zero-order chi connectivity index (χ0) is 21.0. The van der Waals surface area contributed by atoms with Crippen molar-refractivity contribution in [3.05, 3.63) is 59.4 Å². The summed E-state index contributed by atoms with van der Waals surface area (Å²) < 4.78 is 11.6. The highest BCUT2D eigenvalue weighted by atomic mass is 16.6. The Morgan fingerprint density at radius 3 is 2.76 bits per heavy atom. The van der Waals surface area contributed by atoms with Crippen molar-refractivity contribution in [2.24, 2.45) is 4.99 Å². The first-order valence-electron chi connectivity index (χ1n) is 8.89. The predicted molar refractivity (Wildman–Crippen MR) is 104 cm³/mol. The number of aliphatic imine (C=N–C) groups is 1. The van der Waals surface area contributed by atoms with E-state index in [2.05, 4.69) is 16.4 Å². The average molecular weight is 389 g/mol. The minimum atomic E-state index is -0.895. The van der Waals surface area contributed by atoms with Crippen LogP contribution in [0.25, 0.3) is 0 Å². The van der Waals surface area contributed by atoms with Crippen LogP contribution >= 0.6 is 0 Å². The Kier molecular flexibility index (Phi) is 5.47. The Labute approximate surface area is 168 Å². The fourth-order valence-corrected chi connectivity index (χ4v) is 3.22. The van der Waals surface area contributed by atoms with Crippen LogP contribution < -0.4 is 10.1 Å². The first-order chi connectivity index (χ1) is 13.9. The fourth-order valence-electron chi connectivity index (χ4n) is 3.22. The van der Waals surface area contributed by atoms with E-state index in [9.17, 15) is 15.3 Å². The molecule has 0 bridgehead atoms. The standard InChI is InChI=1S/C21H19N5O3/c1-13(27)28-19-18(26-20(25-12-23)15-5-4-8-24-11-15)16-9-14(10-22)6-7-17(16)29-21(19,2)3/h4-9,11,18-19H,1-3H3,(H,25,26). The van der Waals surface area contributed by atoms with Crippen molar-refractivity contribution >= 4 is 11.8 Å². The van der Waals surface area contributed by atoms with Gasteiger partial charge in [0.15, 0.2) is 12.3 Å². The number of ether oxygens (including phenoxy) is 2. The van der Waals surface area contributed by atoms with Gasteiger partial charge in [-0.05, 0) is 44.2 Å². The number of benzene rings is 1. The van der Waals surface area contributed by atoms with Crippen molar-refractivity contribution in [2.45, 2.75) is 38.5 Å². The molecule has 146 valence electrons. The maximum Gasteiger partial charge on any atom is 0.303 e. The maximum absolute atomic E-state index is 11.8. The quantitative estimate of drug-likeness (QED) is 0.282. The lowest BCUT2D eigenvalue weighted by atomic mass is 9.86. The van der Waals surface area contributed by atoms with E-state index >= 15 is 0 Å². The second-order valence-corrected chi connectivity index (χ2v) is 7.00. The van der Waals surface area contributed by atoms with Gasteiger partial charge in [0.25, 0.3) is 0 Å². The molecule has 1 aliphatic heterocycles. The van der Waals surface area contributed by atoms with Gasteiger partial charge in [-0.15, -0.1) is 0 Å². The summed E-state index contributed by atoms with van der Waals surface area (Å²) in [7, 11) is 0. The summed E-state index contributed by atoms with van der Waals surface area (Å²) in [5, 5.41) is 21.1. The largest absolute Gasteiger partial charge is 0.484 e. The molecule has 3 rings (SSSR count). The Bertz CT molecular complexity index is 1030. The van der Waals surface area contributed by atoms with Crippen molar-refractivity contribution in [1.82, 2.24) is 10.3 Å². The van der Waals surface area contributed by atoms with Crippen molar-refractivity contribution in [3.63, 3.8) is 0 Å². The zero-order valence-corrected chi connectivity index (χ0v) is 16.2. The highest BCUT2D eigenvalue weighted by Gasteiger charge is 2.46. The molecule has 29 heavy (non-hydrogen) atoms. The minimum absolute atomic E-state index is 0.272. The van der Waals surface area contributed by atoms with Gasteiger partial charge >= 0.3 is 5.97 Å². The number of nitrogens with zero attached hydrogens (tertiary/aromatic N) is 4. The molecule has 2 atom stereocenters. The number of nitriles is 2. The van der Waals surface area contributed by atoms with Gasteiger partial charge < -0.3 is 9.47 Å². The van der Waals surface area contributed by atoms with Crippen LogP contribution in [0.15, 0.2) is 47.7 Å². The van der Waals surface area contributed by atoms with Gasteiger partial charge in [0.2, 0.25) is 0 Å². The number of pyridine rings is 1. The molecule has 8 heteroatoms. The summed E-state index contributed by atoms with van der Waals surface area (Å²) in [6.45, 7) is 4.91. The molecule has 0 saturated heterocycles. The van der Waals surface area contributed by atoms with Crippen LogP contribution in [-0.2, 0) is 9.53 Å². The maximum atomic E-state index is 11.8. The Morgan fingerprint density at radius 2 is 2.14 bits per heavy atom. The molecule has 0 fully saturated rings. The number of hydrogen-bond acceptors (Lipinski definition) is 7. The Balaban J connectivity index is 2.21. The van der Waals surface area contributed by atoms with Crippen LogP contribution in [0.4, 0.5) is 0 Å². The molecule has 0 aliphatic carbocycles. The minimum Gasteiger partial charge on any atom is -0.484 e. The Hall–Kier alpha value is -3.91. The third-order valence-corrected chi connectivity index (χ3v) is 4.47. The van der Waals surface area contributed by atoms with Crippen molar-refractivity contribution < 1.29 is 14.3 Å². The third-order valence-electron chi connectivity index (χ3n) is 4.47.